The summed E-state index contributed by atoms with van der Waals surface area (Å²) in [7, 11) is -3.87. The summed E-state index contributed by atoms with van der Waals surface area (Å²) in [5.41, 5.74) is 1.04. The van der Waals surface area contributed by atoms with Gasteiger partial charge in [-0.2, -0.15) is 13.7 Å². The van der Waals surface area contributed by atoms with Crippen molar-refractivity contribution in [2.24, 2.45) is 4.40 Å². The van der Waals surface area contributed by atoms with Gasteiger partial charge in [-0.3, -0.25) is 0 Å². The SMILES string of the molecule is CC(=NS(=O)(=O)c1cc(I)cc(C#N)c1)Nc1ccccc1. The van der Waals surface area contributed by atoms with E-state index in [1.165, 1.54) is 12.1 Å². The molecule has 0 radical (unpaired) electrons. The second-order valence-corrected chi connectivity index (χ2v) is 7.28. The number of anilines is 1. The van der Waals surface area contributed by atoms with Gasteiger partial charge >= 0.3 is 0 Å². The van der Waals surface area contributed by atoms with Gasteiger partial charge in [0, 0.05) is 9.26 Å². The Morgan fingerprint density at radius 2 is 1.91 bits per heavy atom. The van der Waals surface area contributed by atoms with Crippen LogP contribution in [0.3, 0.4) is 0 Å². The van der Waals surface area contributed by atoms with Gasteiger partial charge in [0.2, 0.25) is 0 Å². The number of nitrogens with one attached hydrogen (secondary N) is 1. The molecule has 0 spiro atoms. The minimum Gasteiger partial charge on any atom is -0.343 e. The smallest absolute Gasteiger partial charge is 0.284 e. The molecule has 0 heterocycles. The van der Waals surface area contributed by atoms with Crippen LogP contribution >= 0.6 is 22.6 Å². The summed E-state index contributed by atoms with van der Waals surface area (Å²) in [6, 6.07) is 15.5. The van der Waals surface area contributed by atoms with Gasteiger partial charge in [-0.05, 0) is 59.8 Å². The van der Waals surface area contributed by atoms with E-state index < -0.39 is 10.0 Å². The van der Waals surface area contributed by atoms with E-state index in [2.05, 4.69) is 9.71 Å². The van der Waals surface area contributed by atoms with Crippen LogP contribution in [0.1, 0.15) is 12.5 Å². The van der Waals surface area contributed by atoms with Crippen molar-refractivity contribution in [3.8, 4) is 6.07 Å². The Kier molecular flexibility index (Phi) is 5.15. The first-order valence-corrected chi connectivity index (χ1v) is 8.77. The molecule has 0 saturated carbocycles. The molecule has 22 heavy (non-hydrogen) atoms. The molecule has 2 rings (SSSR count). The maximum absolute atomic E-state index is 12.3. The fourth-order valence-corrected chi connectivity index (χ4v) is 3.71. The van der Waals surface area contributed by atoms with Crippen LogP contribution in [0.15, 0.2) is 57.8 Å². The number of sulfonamides is 1. The number of halogens is 1. The Morgan fingerprint density at radius 3 is 2.55 bits per heavy atom. The van der Waals surface area contributed by atoms with Crippen molar-refractivity contribution in [1.82, 2.24) is 0 Å². The number of nitrogens with zero attached hydrogens (tertiary/aromatic N) is 2. The summed E-state index contributed by atoms with van der Waals surface area (Å²) in [5.74, 6) is 0.253. The molecule has 7 heteroatoms. The standard InChI is InChI=1S/C15H12IN3O2S/c1-11(18-14-5-3-2-4-6-14)19-22(20,21)15-8-12(10-17)7-13(16)9-15/h2-9H,1H3,(H,18,19). The van der Waals surface area contributed by atoms with Crippen LogP contribution in [0.5, 0.6) is 0 Å². The number of nitriles is 1. The van der Waals surface area contributed by atoms with Crippen LogP contribution in [0, 0.1) is 14.9 Å². The van der Waals surface area contributed by atoms with Crippen molar-refractivity contribution in [2.75, 3.05) is 5.32 Å². The van der Waals surface area contributed by atoms with E-state index in [4.69, 9.17) is 5.26 Å². The van der Waals surface area contributed by atoms with Crippen LogP contribution in [0.4, 0.5) is 5.69 Å². The number of amidine groups is 1. The van der Waals surface area contributed by atoms with E-state index >= 15 is 0 Å². The average Bonchev–Trinajstić information content (AvgIpc) is 2.47. The van der Waals surface area contributed by atoms with Crippen LogP contribution in [0.2, 0.25) is 0 Å². The minimum atomic E-state index is -3.87. The molecule has 0 saturated heterocycles. The third kappa shape index (κ3) is 4.29. The minimum absolute atomic E-state index is 0.00478. The van der Waals surface area contributed by atoms with E-state index in [1.54, 1.807) is 13.0 Å². The Balaban J connectivity index is 2.33. The summed E-state index contributed by atoms with van der Waals surface area (Å²) >= 11 is 1.97. The van der Waals surface area contributed by atoms with Crippen molar-refractivity contribution in [1.29, 1.82) is 5.26 Å². The molecule has 0 aliphatic heterocycles. The quantitative estimate of drug-likeness (QED) is 0.465. The Hall–Kier alpha value is -1.92. The highest BCUT2D eigenvalue weighted by molar-refractivity contribution is 14.1. The van der Waals surface area contributed by atoms with E-state index in [-0.39, 0.29) is 16.3 Å². The van der Waals surface area contributed by atoms with Crippen molar-refractivity contribution in [3.63, 3.8) is 0 Å². The summed E-state index contributed by atoms with van der Waals surface area (Å²) in [5, 5.41) is 11.8. The third-order valence-electron chi connectivity index (χ3n) is 2.65. The lowest BCUT2D eigenvalue weighted by atomic mass is 10.2. The molecule has 0 aliphatic carbocycles. The van der Waals surface area contributed by atoms with E-state index in [0.29, 0.717) is 3.57 Å². The summed E-state index contributed by atoms with van der Waals surface area (Å²) in [6.45, 7) is 1.57. The lowest BCUT2D eigenvalue weighted by molar-refractivity contribution is 0.598. The largest absolute Gasteiger partial charge is 0.343 e. The molecular weight excluding hydrogens is 413 g/mol. The Labute approximate surface area is 142 Å². The summed E-state index contributed by atoms with van der Waals surface area (Å²) in [4.78, 5) is 0.00478. The predicted molar refractivity (Wildman–Crippen MR) is 94.2 cm³/mol. The topological polar surface area (TPSA) is 82.3 Å². The van der Waals surface area contributed by atoms with Crippen molar-refractivity contribution in [2.45, 2.75) is 11.8 Å². The van der Waals surface area contributed by atoms with Crippen molar-refractivity contribution in [3.05, 3.63) is 57.7 Å². The highest BCUT2D eigenvalue weighted by Gasteiger charge is 2.15. The lowest BCUT2D eigenvalue weighted by Gasteiger charge is -2.06. The van der Waals surface area contributed by atoms with Gasteiger partial charge in [-0.25, -0.2) is 0 Å². The Morgan fingerprint density at radius 1 is 1.23 bits per heavy atom. The van der Waals surface area contributed by atoms with Gasteiger partial charge in [-0.1, -0.05) is 18.2 Å². The average molecular weight is 425 g/mol. The van der Waals surface area contributed by atoms with Crippen LogP contribution in [-0.2, 0) is 10.0 Å². The number of hydrogen-bond acceptors (Lipinski definition) is 3. The molecule has 0 atom stereocenters. The van der Waals surface area contributed by atoms with E-state index in [9.17, 15) is 8.42 Å². The second kappa shape index (κ2) is 6.89. The summed E-state index contributed by atoms with van der Waals surface area (Å²) < 4.78 is 29.0. The second-order valence-electron chi connectivity index (χ2n) is 4.43. The molecule has 0 bridgehead atoms. The molecule has 5 nitrogen and oxygen atoms in total. The molecule has 0 fully saturated rings. The fraction of sp³-hybridized carbons (Fsp3) is 0.0667. The van der Waals surface area contributed by atoms with Gasteiger partial charge < -0.3 is 5.32 Å². The zero-order valence-corrected chi connectivity index (χ0v) is 14.6. The molecule has 0 aromatic heterocycles. The monoisotopic (exact) mass is 425 g/mol. The van der Waals surface area contributed by atoms with Gasteiger partial charge in [0.1, 0.15) is 5.84 Å². The molecule has 0 aliphatic rings. The molecule has 1 N–H and O–H groups in total. The van der Waals surface area contributed by atoms with Crippen LogP contribution in [-0.4, -0.2) is 14.3 Å². The predicted octanol–water partition coefficient (Wildman–Crippen LogP) is 3.38. The van der Waals surface area contributed by atoms with Crippen LogP contribution < -0.4 is 5.32 Å². The van der Waals surface area contributed by atoms with Gasteiger partial charge in [0.05, 0.1) is 16.5 Å². The van der Waals surface area contributed by atoms with Gasteiger partial charge in [0.25, 0.3) is 10.0 Å². The van der Waals surface area contributed by atoms with Crippen molar-refractivity contribution < 1.29 is 8.42 Å². The highest BCUT2D eigenvalue weighted by atomic mass is 127. The first-order valence-electron chi connectivity index (χ1n) is 6.25. The van der Waals surface area contributed by atoms with Gasteiger partial charge in [-0.15, -0.1) is 4.40 Å². The fourth-order valence-electron chi connectivity index (χ4n) is 1.76. The molecule has 2 aromatic carbocycles. The summed E-state index contributed by atoms with van der Waals surface area (Å²) in [6.07, 6.45) is 0. The molecule has 2 aromatic rings. The maximum Gasteiger partial charge on any atom is 0.284 e. The van der Waals surface area contributed by atoms with Gasteiger partial charge in [0.15, 0.2) is 0 Å². The maximum atomic E-state index is 12.3. The number of hydrogen-bond donors (Lipinski definition) is 1. The first kappa shape index (κ1) is 16.5. The van der Waals surface area contributed by atoms with Crippen molar-refractivity contribution >= 4 is 44.1 Å². The Bertz CT molecular complexity index is 856. The number of para-hydroxylation sites is 1. The zero-order valence-electron chi connectivity index (χ0n) is 11.6. The van der Waals surface area contributed by atoms with E-state index in [1.807, 2.05) is 59.0 Å². The molecule has 0 amide bonds. The first-order chi connectivity index (χ1) is 10.4. The molecule has 0 unspecified atom stereocenters. The van der Waals surface area contributed by atoms with E-state index in [0.717, 1.165) is 5.69 Å². The highest BCUT2D eigenvalue weighted by Crippen LogP contribution is 2.19. The van der Waals surface area contributed by atoms with Crippen LogP contribution in [0.25, 0.3) is 0 Å². The molecular formula is C15H12IN3O2S. The third-order valence-corrected chi connectivity index (χ3v) is 4.62. The molecule has 112 valence electrons. The lowest BCUT2D eigenvalue weighted by Crippen LogP contribution is -2.11. The number of benzene rings is 2. The zero-order chi connectivity index (χ0) is 16.2. The number of rotatable bonds is 3. The normalized spacial score (nSPS) is 11.8.